The highest BCUT2D eigenvalue weighted by Gasteiger charge is 2.06. The second kappa shape index (κ2) is 11.3. The van der Waals surface area contributed by atoms with E-state index in [2.05, 4.69) is 29.1 Å². The summed E-state index contributed by atoms with van der Waals surface area (Å²) in [6, 6.07) is 0. The van der Waals surface area contributed by atoms with Gasteiger partial charge < -0.3 is 4.84 Å². The van der Waals surface area contributed by atoms with E-state index in [1.165, 1.54) is 44.9 Å². The van der Waals surface area contributed by atoms with Crippen molar-refractivity contribution in [1.82, 2.24) is 14.8 Å². The molecular weight excluding hydrogens is 264 g/mol. The first-order valence-electron chi connectivity index (χ1n) is 8.35. The maximum atomic E-state index is 5.49. The number of aromatic nitrogens is 3. The third kappa shape index (κ3) is 7.83. The minimum absolute atomic E-state index is 0.137. The summed E-state index contributed by atoms with van der Waals surface area (Å²) in [5.74, 6) is 0.848. The number of nitrogens with zero attached hydrogens (tertiary/aromatic N) is 4. The van der Waals surface area contributed by atoms with Gasteiger partial charge in [-0.3, -0.25) is 0 Å². The molecule has 0 aliphatic rings. The molecule has 5 heteroatoms. The lowest BCUT2D eigenvalue weighted by Gasteiger charge is -2.09. The van der Waals surface area contributed by atoms with Gasteiger partial charge >= 0.3 is 0 Å². The van der Waals surface area contributed by atoms with Crippen LogP contribution in [-0.2, 0) is 4.84 Å². The molecule has 0 fully saturated rings. The summed E-state index contributed by atoms with van der Waals surface area (Å²) in [6.07, 6.45) is 14.2. The largest absolute Gasteiger partial charge is 0.391 e. The van der Waals surface area contributed by atoms with Gasteiger partial charge in [0.25, 0.3) is 0 Å². The summed E-state index contributed by atoms with van der Waals surface area (Å²) in [5.41, 5.74) is 0. The SMILES string of the molecule is CCCCCCCCCC(=NOC(C)CC)n1cncn1. The quantitative estimate of drug-likeness (QED) is 0.263. The standard InChI is InChI=1S/C16H30N4O/c1-4-6-7-8-9-10-11-12-16(19-21-15(3)5-2)20-14-17-13-18-20/h13-15H,4-12H2,1-3H3. The maximum absolute atomic E-state index is 5.49. The van der Waals surface area contributed by atoms with E-state index >= 15 is 0 Å². The van der Waals surface area contributed by atoms with Crippen molar-refractivity contribution in [2.24, 2.45) is 5.16 Å². The first-order valence-corrected chi connectivity index (χ1v) is 8.35. The maximum Gasteiger partial charge on any atom is 0.170 e. The molecule has 0 aliphatic heterocycles. The molecule has 0 aliphatic carbocycles. The number of hydrogen-bond acceptors (Lipinski definition) is 4. The molecule has 1 aromatic heterocycles. The van der Waals surface area contributed by atoms with Crippen molar-refractivity contribution in [1.29, 1.82) is 0 Å². The second-order valence-corrected chi connectivity index (χ2v) is 5.54. The fraction of sp³-hybridized carbons (Fsp3) is 0.812. The van der Waals surface area contributed by atoms with Crippen molar-refractivity contribution in [2.45, 2.75) is 84.7 Å². The molecule has 0 N–H and O–H groups in total. The fourth-order valence-corrected chi connectivity index (χ4v) is 2.01. The molecule has 0 spiro atoms. The van der Waals surface area contributed by atoms with Crippen LogP contribution in [0.1, 0.15) is 78.6 Å². The Kier molecular flexibility index (Phi) is 9.49. The Hall–Kier alpha value is -1.39. The molecule has 0 saturated carbocycles. The van der Waals surface area contributed by atoms with Crippen LogP contribution in [0.15, 0.2) is 17.8 Å². The normalized spacial score (nSPS) is 13.4. The van der Waals surface area contributed by atoms with Gasteiger partial charge in [-0.1, -0.05) is 57.5 Å². The van der Waals surface area contributed by atoms with E-state index in [9.17, 15) is 0 Å². The van der Waals surface area contributed by atoms with Crippen LogP contribution in [0.2, 0.25) is 0 Å². The van der Waals surface area contributed by atoms with Gasteiger partial charge in [0.05, 0.1) is 0 Å². The first kappa shape index (κ1) is 17.7. The number of hydrogen-bond donors (Lipinski definition) is 0. The molecule has 0 bridgehead atoms. The minimum Gasteiger partial charge on any atom is -0.391 e. The van der Waals surface area contributed by atoms with Gasteiger partial charge in [-0.25, -0.2) is 9.67 Å². The van der Waals surface area contributed by atoms with Crippen LogP contribution in [0.5, 0.6) is 0 Å². The number of rotatable bonds is 11. The van der Waals surface area contributed by atoms with Gasteiger partial charge in [-0.05, 0) is 19.8 Å². The van der Waals surface area contributed by atoms with Crippen LogP contribution in [-0.4, -0.2) is 26.7 Å². The summed E-state index contributed by atoms with van der Waals surface area (Å²) in [4.78, 5) is 9.47. The monoisotopic (exact) mass is 294 g/mol. The van der Waals surface area contributed by atoms with E-state index in [1.54, 1.807) is 11.0 Å². The molecule has 1 atom stereocenters. The van der Waals surface area contributed by atoms with E-state index in [-0.39, 0.29) is 6.10 Å². The molecule has 1 heterocycles. The molecule has 0 amide bonds. The Morgan fingerprint density at radius 1 is 1.14 bits per heavy atom. The molecule has 1 aromatic rings. The van der Waals surface area contributed by atoms with E-state index in [0.717, 1.165) is 25.1 Å². The Bertz CT molecular complexity index is 376. The summed E-state index contributed by atoms with van der Waals surface area (Å²) in [6.45, 7) is 6.36. The topological polar surface area (TPSA) is 52.3 Å². The van der Waals surface area contributed by atoms with Crippen molar-refractivity contribution in [3.8, 4) is 0 Å². The van der Waals surface area contributed by atoms with E-state index < -0.39 is 0 Å². The third-order valence-electron chi connectivity index (χ3n) is 3.60. The van der Waals surface area contributed by atoms with Crippen LogP contribution in [0.25, 0.3) is 0 Å². The average Bonchev–Trinajstić information content (AvgIpc) is 3.03. The molecular formula is C16H30N4O. The lowest BCUT2D eigenvalue weighted by Crippen LogP contribution is -2.15. The predicted molar refractivity (Wildman–Crippen MR) is 86.3 cm³/mol. The lowest BCUT2D eigenvalue weighted by molar-refractivity contribution is 0.0684. The Balaban J connectivity index is 2.33. The van der Waals surface area contributed by atoms with E-state index in [4.69, 9.17) is 4.84 Å². The highest BCUT2D eigenvalue weighted by atomic mass is 16.6. The highest BCUT2D eigenvalue weighted by molar-refractivity contribution is 5.82. The Labute approximate surface area is 128 Å². The van der Waals surface area contributed by atoms with Gasteiger partial charge in [0.1, 0.15) is 18.8 Å². The van der Waals surface area contributed by atoms with Crippen molar-refractivity contribution in [2.75, 3.05) is 0 Å². The smallest absolute Gasteiger partial charge is 0.170 e. The minimum atomic E-state index is 0.137. The zero-order valence-electron chi connectivity index (χ0n) is 13.8. The number of oxime groups is 1. The van der Waals surface area contributed by atoms with Crippen LogP contribution in [0.4, 0.5) is 0 Å². The molecule has 120 valence electrons. The predicted octanol–water partition coefficient (Wildman–Crippen LogP) is 4.40. The molecule has 1 rings (SSSR count). The molecule has 5 nitrogen and oxygen atoms in total. The van der Waals surface area contributed by atoms with Crippen molar-refractivity contribution in [3.05, 3.63) is 12.7 Å². The number of unbranched alkanes of at least 4 members (excludes halogenated alkanes) is 6. The Morgan fingerprint density at radius 3 is 2.48 bits per heavy atom. The van der Waals surface area contributed by atoms with E-state index in [1.807, 2.05) is 6.92 Å². The molecule has 0 saturated heterocycles. The fourth-order valence-electron chi connectivity index (χ4n) is 2.01. The van der Waals surface area contributed by atoms with Crippen LogP contribution in [0.3, 0.4) is 0 Å². The average molecular weight is 294 g/mol. The zero-order chi connectivity index (χ0) is 15.3. The van der Waals surface area contributed by atoms with Crippen LogP contribution >= 0.6 is 0 Å². The third-order valence-corrected chi connectivity index (χ3v) is 3.60. The van der Waals surface area contributed by atoms with Gasteiger partial charge in [-0.15, -0.1) is 0 Å². The van der Waals surface area contributed by atoms with E-state index in [0.29, 0.717) is 0 Å². The Morgan fingerprint density at radius 2 is 1.86 bits per heavy atom. The first-order chi connectivity index (χ1) is 10.3. The summed E-state index contributed by atoms with van der Waals surface area (Å²) >= 11 is 0. The summed E-state index contributed by atoms with van der Waals surface area (Å²) in [7, 11) is 0. The zero-order valence-corrected chi connectivity index (χ0v) is 13.8. The molecule has 0 aromatic carbocycles. The molecule has 21 heavy (non-hydrogen) atoms. The molecule has 0 radical (unpaired) electrons. The van der Waals surface area contributed by atoms with Crippen molar-refractivity contribution < 1.29 is 4.84 Å². The van der Waals surface area contributed by atoms with Gasteiger partial charge in [0.2, 0.25) is 0 Å². The van der Waals surface area contributed by atoms with Gasteiger partial charge in [0, 0.05) is 6.42 Å². The van der Waals surface area contributed by atoms with Gasteiger partial charge in [-0.2, -0.15) is 5.10 Å². The van der Waals surface area contributed by atoms with Crippen molar-refractivity contribution >= 4 is 5.84 Å². The highest BCUT2D eigenvalue weighted by Crippen LogP contribution is 2.10. The summed E-state index contributed by atoms with van der Waals surface area (Å²) < 4.78 is 1.71. The van der Waals surface area contributed by atoms with Crippen LogP contribution < -0.4 is 0 Å². The molecule has 1 unspecified atom stereocenters. The lowest BCUT2D eigenvalue weighted by atomic mass is 10.1. The van der Waals surface area contributed by atoms with Gasteiger partial charge in [0.15, 0.2) is 5.84 Å². The van der Waals surface area contributed by atoms with Crippen molar-refractivity contribution in [3.63, 3.8) is 0 Å². The summed E-state index contributed by atoms with van der Waals surface area (Å²) in [5, 5.41) is 8.42. The van der Waals surface area contributed by atoms with Crippen LogP contribution in [0, 0.1) is 0 Å². The second-order valence-electron chi connectivity index (χ2n) is 5.54.